The molecule has 1 aliphatic rings. The van der Waals surface area contributed by atoms with Gasteiger partial charge in [0.25, 0.3) is 15.9 Å². The zero-order valence-corrected chi connectivity index (χ0v) is 23.0. The number of aryl methyl sites for hydroxylation is 1. The quantitative estimate of drug-likeness (QED) is 0.320. The van der Waals surface area contributed by atoms with E-state index in [1.54, 1.807) is 36.4 Å². The number of piperazine rings is 1. The number of rotatable bonds is 8. The first-order valence-electron chi connectivity index (χ1n) is 13.2. The van der Waals surface area contributed by atoms with E-state index in [1.807, 2.05) is 43.3 Å². The van der Waals surface area contributed by atoms with E-state index >= 15 is 0 Å². The zero-order chi connectivity index (χ0) is 27.4. The Morgan fingerprint density at radius 1 is 0.872 bits per heavy atom. The molecule has 1 aromatic heterocycles. The summed E-state index contributed by atoms with van der Waals surface area (Å²) in [4.78, 5) is 22.3. The monoisotopic (exact) mass is 543 g/mol. The number of pyridine rings is 1. The summed E-state index contributed by atoms with van der Waals surface area (Å²) in [6, 6.07) is 23.0. The number of benzene rings is 3. The molecule has 8 nitrogen and oxygen atoms in total. The van der Waals surface area contributed by atoms with Crippen molar-refractivity contribution in [2.24, 2.45) is 0 Å². The minimum Gasteiger partial charge on any atom is -0.354 e. The van der Waals surface area contributed by atoms with Gasteiger partial charge >= 0.3 is 0 Å². The minimum absolute atomic E-state index is 0.118. The highest BCUT2D eigenvalue weighted by Gasteiger charge is 2.22. The van der Waals surface area contributed by atoms with Crippen molar-refractivity contribution in [1.29, 1.82) is 0 Å². The number of carbonyl (C=O) groups excluding carboxylic acids is 1. The summed E-state index contributed by atoms with van der Waals surface area (Å²) in [5, 5.41) is 4.09. The van der Waals surface area contributed by atoms with E-state index in [2.05, 4.69) is 31.7 Å². The molecule has 0 atom stereocenters. The van der Waals surface area contributed by atoms with Crippen LogP contribution in [-0.2, 0) is 10.0 Å². The number of carbonyl (C=O) groups is 1. The van der Waals surface area contributed by atoms with Crippen molar-refractivity contribution in [1.82, 2.24) is 9.88 Å². The molecule has 1 saturated heterocycles. The highest BCUT2D eigenvalue weighted by atomic mass is 32.2. The fourth-order valence-corrected chi connectivity index (χ4v) is 6.21. The third kappa shape index (κ3) is 5.89. The molecular formula is C30H33N5O3S. The summed E-state index contributed by atoms with van der Waals surface area (Å²) in [7, 11) is -3.96. The molecule has 39 heavy (non-hydrogen) atoms. The number of amides is 1. The minimum atomic E-state index is -3.96. The molecule has 4 aromatic rings. The summed E-state index contributed by atoms with van der Waals surface area (Å²) >= 11 is 0. The van der Waals surface area contributed by atoms with Gasteiger partial charge in [-0.15, -0.1) is 0 Å². The third-order valence-electron chi connectivity index (χ3n) is 7.02. The predicted octanol–water partition coefficient (Wildman–Crippen LogP) is 5.13. The predicted molar refractivity (Wildman–Crippen MR) is 157 cm³/mol. The average Bonchev–Trinajstić information content (AvgIpc) is 2.94. The molecule has 0 radical (unpaired) electrons. The van der Waals surface area contributed by atoms with Gasteiger partial charge in [0, 0.05) is 48.2 Å². The Morgan fingerprint density at radius 2 is 1.59 bits per heavy atom. The lowest BCUT2D eigenvalue weighted by Crippen LogP contribution is -2.46. The maximum Gasteiger partial charge on any atom is 0.263 e. The first-order valence-corrected chi connectivity index (χ1v) is 14.7. The van der Waals surface area contributed by atoms with E-state index in [4.69, 9.17) is 0 Å². The number of anilines is 3. The van der Waals surface area contributed by atoms with Gasteiger partial charge < -0.3 is 10.2 Å². The van der Waals surface area contributed by atoms with Crippen LogP contribution in [0.1, 0.15) is 29.3 Å². The molecule has 3 aromatic carbocycles. The third-order valence-corrected chi connectivity index (χ3v) is 8.43. The molecule has 2 heterocycles. The van der Waals surface area contributed by atoms with Crippen LogP contribution in [0, 0.1) is 6.92 Å². The van der Waals surface area contributed by atoms with E-state index in [-0.39, 0.29) is 16.6 Å². The van der Waals surface area contributed by atoms with Gasteiger partial charge in [0.1, 0.15) is 11.6 Å². The normalized spacial score (nSPS) is 14.4. The first kappa shape index (κ1) is 26.6. The van der Waals surface area contributed by atoms with Crippen molar-refractivity contribution in [2.45, 2.75) is 25.2 Å². The van der Waals surface area contributed by atoms with Gasteiger partial charge in [-0.25, -0.2) is 13.4 Å². The lowest BCUT2D eigenvalue weighted by Gasteiger charge is -2.35. The number of hydrogen-bond acceptors (Lipinski definition) is 6. The molecule has 1 fully saturated rings. The smallest absolute Gasteiger partial charge is 0.263 e. The highest BCUT2D eigenvalue weighted by molar-refractivity contribution is 7.93. The van der Waals surface area contributed by atoms with Crippen LogP contribution in [0.3, 0.4) is 0 Å². The standard InChI is InChI=1S/C30H33N5O3S/c1-3-17-34-18-20-35(21-19-34)29-14-8-13-28(32-29)33-39(37,38)27-16-15-26(24-11-6-7-12-25(24)27)31-30(36)23-10-5-4-9-22(23)2/h4-16H,3,17-21H2,1-2H3,(H,31,36)(H,32,33). The van der Waals surface area contributed by atoms with E-state index in [0.717, 1.165) is 50.5 Å². The van der Waals surface area contributed by atoms with Crippen LogP contribution in [0.15, 0.2) is 83.8 Å². The van der Waals surface area contributed by atoms with E-state index in [9.17, 15) is 13.2 Å². The summed E-state index contributed by atoms with van der Waals surface area (Å²) in [5.74, 6) is 0.776. The second-order valence-corrected chi connectivity index (χ2v) is 11.4. The summed E-state index contributed by atoms with van der Waals surface area (Å²) in [6.45, 7) is 8.77. The van der Waals surface area contributed by atoms with Crippen molar-refractivity contribution in [2.75, 3.05) is 47.7 Å². The van der Waals surface area contributed by atoms with Crippen molar-refractivity contribution in [3.05, 3.63) is 90.0 Å². The maximum absolute atomic E-state index is 13.6. The Bertz CT molecular complexity index is 1600. The zero-order valence-electron chi connectivity index (χ0n) is 22.2. The number of fused-ring (bicyclic) bond motifs is 1. The van der Waals surface area contributed by atoms with Crippen LogP contribution >= 0.6 is 0 Å². The number of hydrogen-bond donors (Lipinski definition) is 2. The molecule has 202 valence electrons. The van der Waals surface area contributed by atoms with Crippen LogP contribution in [-0.4, -0.2) is 56.9 Å². The van der Waals surface area contributed by atoms with Gasteiger partial charge in [-0.2, -0.15) is 0 Å². The number of nitrogens with zero attached hydrogens (tertiary/aromatic N) is 3. The second kappa shape index (κ2) is 11.4. The van der Waals surface area contributed by atoms with E-state index in [0.29, 0.717) is 22.0 Å². The molecule has 0 spiro atoms. The first-order chi connectivity index (χ1) is 18.9. The Labute approximate surface area is 229 Å². The Hall–Kier alpha value is -3.95. The van der Waals surface area contributed by atoms with E-state index < -0.39 is 10.0 Å². The highest BCUT2D eigenvalue weighted by Crippen LogP contribution is 2.31. The van der Waals surface area contributed by atoms with Gasteiger partial charge in [0.15, 0.2) is 0 Å². The van der Waals surface area contributed by atoms with Crippen molar-refractivity contribution >= 4 is 44.0 Å². The SMILES string of the molecule is CCCN1CCN(c2cccc(NS(=O)(=O)c3ccc(NC(=O)c4ccccc4C)c4ccccc34)n2)CC1. The van der Waals surface area contributed by atoms with Crippen LogP contribution in [0.2, 0.25) is 0 Å². The number of sulfonamides is 1. The lowest BCUT2D eigenvalue weighted by atomic mass is 10.1. The molecule has 0 unspecified atom stereocenters. The molecule has 0 bridgehead atoms. The number of nitrogens with one attached hydrogen (secondary N) is 2. The molecule has 0 aliphatic carbocycles. The number of aromatic nitrogens is 1. The van der Waals surface area contributed by atoms with Gasteiger partial charge in [0.2, 0.25) is 0 Å². The summed E-state index contributed by atoms with van der Waals surface area (Å²) < 4.78 is 29.8. The summed E-state index contributed by atoms with van der Waals surface area (Å²) in [6.07, 6.45) is 1.13. The van der Waals surface area contributed by atoms with Gasteiger partial charge in [-0.05, 0) is 55.8 Å². The topological polar surface area (TPSA) is 94.6 Å². The lowest BCUT2D eigenvalue weighted by molar-refractivity contribution is 0.102. The fraction of sp³-hybridized carbons (Fsp3) is 0.267. The van der Waals surface area contributed by atoms with Crippen LogP contribution in [0.5, 0.6) is 0 Å². The van der Waals surface area contributed by atoms with Crippen molar-refractivity contribution in [3.63, 3.8) is 0 Å². The van der Waals surface area contributed by atoms with Crippen LogP contribution in [0.25, 0.3) is 10.8 Å². The molecule has 0 saturated carbocycles. The molecule has 9 heteroatoms. The molecule has 2 N–H and O–H groups in total. The summed E-state index contributed by atoms with van der Waals surface area (Å²) in [5.41, 5.74) is 1.97. The van der Waals surface area contributed by atoms with Crippen molar-refractivity contribution < 1.29 is 13.2 Å². The maximum atomic E-state index is 13.6. The average molecular weight is 544 g/mol. The van der Waals surface area contributed by atoms with Gasteiger partial charge in [0.05, 0.1) is 4.90 Å². The largest absolute Gasteiger partial charge is 0.354 e. The Kier molecular flexibility index (Phi) is 7.81. The van der Waals surface area contributed by atoms with Crippen molar-refractivity contribution in [3.8, 4) is 0 Å². The van der Waals surface area contributed by atoms with Crippen LogP contribution < -0.4 is 14.9 Å². The molecule has 5 rings (SSSR count). The van der Waals surface area contributed by atoms with E-state index in [1.165, 1.54) is 6.07 Å². The molecule has 1 aliphatic heterocycles. The Balaban J connectivity index is 1.39. The van der Waals surface area contributed by atoms with Gasteiger partial charge in [-0.1, -0.05) is 55.5 Å². The molecule has 1 amide bonds. The van der Waals surface area contributed by atoms with Crippen LogP contribution in [0.4, 0.5) is 17.3 Å². The van der Waals surface area contributed by atoms with Gasteiger partial charge in [-0.3, -0.25) is 14.4 Å². The fourth-order valence-electron chi connectivity index (χ4n) is 5.00. The second-order valence-electron chi connectivity index (χ2n) is 9.74. The molecular weight excluding hydrogens is 510 g/mol. The Morgan fingerprint density at radius 3 is 2.33 bits per heavy atom.